The Morgan fingerprint density at radius 2 is 2.36 bits per heavy atom. The van der Waals surface area contributed by atoms with E-state index < -0.39 is 0 Å². The van der Waals surface area contributed by atoms with Crippen molar-refractivity contribution >= 4 is 11.6 Å². The zero-order valence-corrected chi connectivity index (χ0v) is 6.35. The number of carbonyl (C=O) groups is 1. The monoisotopic (exact) mass is 149 g/mol. The van der Waals surface area contributed by atoms with Gasteiger partial charge in [-0.2, -0.15) is 0 Å². The van der Waals surface area contributed by atoms with Crippen molar-refractivity contribution in [3.05, 3.63) is 29.3 Å². The summed E-state index contributed by atoms with van der Waals surface area (Å²) < 4.78 is 0. The third-order valence-electron chi connectivity index (χ3n) is 1.89. The van der Waals surface area contributed by atoms with Crippen molar-refractivity contribution in [3.8, 4) is 0 Å². The number of hydrogen-bond acceptors (Lipinski definition) is 1. The van der Waals surface area contributed by atoms with Crippen LogP contribution in [0.5, 0.6) is 0 Å². The van der Waals surface area contributed by atoms with E-state index in [9.17, 15) is 4.79 Å². The number of aryl methyl sites for hydroxylation is 1. The van der Waals surface area contributed by atoms with Gasteiger partial charge in [-0.3, -0.25) is 4.79 Å². The molecule has 1 aromatic carbocycles. The van der Waals surface area contributed by atoms with Crippen molar-refractivity contribution in [1.82, 2.24) is 0 Å². The Morgan fingerprint density at radius 1 is 1.55 bits per heavy atom. The van der Waals surface area contributed by atoms with Gasteiger partial charge in [-0.05, 0) is 24.1 Å². The lowest BCUT2D eigenvalue weighted by Gasteiger charge is -1.97. The number of nitrogens with one attached hydrogen (secondary N) is 1. The summed E-state index contributed by atoms with van der Waals surface area (Å²) in [4.78, 5) is 10.9. The highest BCUT2D eigenvalue weighted by atomic mass is 16.1. The lowest BCUT2D eigenvalue weighted by molar-refractivity contribution is -0.115. The second kappa shape index (κ2) is 2.09. The van der Waals surface area contributed by atoms with E-state index >= 15 is 0 Å². The van der Waals surface area contributed by atoms with E-state index in [1.54, 1.807) is 0 Å². The average molecular weight is 149 g/mol. The lowest BCUT2D eigenvalue weighted by Crippen LogP contribution is -2.03. The topological polar surface area (TPSA) is 29.1 Å². The van der Waals surface area contributed by atoms with Crippen LogP contribution < -0.4 is 5.32 Å². The summed E-state index contributed by atoms with van der Waals surface area (Å²) >= 11 is 0. The molecule has 1 aromatic rings. The second-order valence-electron chi connectivity index (χ2n) is 2.89. The lowest BCUT2D eigenvalue weighted by atomic mass is 10.1. The minimum absolute atomic E-state index is 0. The Balaban J connectivity index is 0.000000720. The van der Waals surface area contributed by atoms with E-state index in [-0.39, 0.29) is 7.33 Å². The van der Waals surface area contributed by atoms with Gasteiger partial charge < -0.3 is 5.32 Å². The van der Waals surface area contributed by atoms with Crippen molar-refractivity contribution in [2.75, 3.05) is 5.32 Å². The molecular weight excluding hydrogens is 138 g/mol. The molecule has 0 aromatic heterocycles. The molecule has 0 spiro atoms. The molecule has 0 fully saturated rings. The van der Waals surface area contributed by atoms with E-state index in [4.69, 9.17) is 0 Å². The molecule has 2 nitrogen and oxygen atoms in total. The number of hydrogen-bond donors (Lipinski definition) is 1. The molecule has 2 heteroatoms. The minimum Gasteiger partial charge on any atom is -0.326 e. The summed E-state index contributed by atoms with van der Waals surface area (Å²) in [5, 5.41) is 2.80. The van der Waals surface area contributed by atoms with Gasteiger partial charge in [0, 0.05) is 7.11 Å². The molecule has 1 amide bonds. The molecule has 0 radical (unpaired) electrons. The zero-order chi connectivity index (χ0) is 7.84. The molecule has 11 heavy (non-hydrogen) atoms. The maximum Gasteiger partial charge on any atom is 0.228 e. The third-order valence-corrected chi connectivity index (χ3v) is 1.89. The van der Waals surface area contributed by atoms with Gasteiger partial charge in [0.15, 0.2) is 0 Å². The van der Waals surface area contributed by atoms with Gasteiger partial charge in [0.2, 0.25) is 5.91 Å². The first-order chi connectivity index (χ1) is 5.25. The largest absolute Gasteiger partial charge is 0.326 e. The summed E-state index contributed by atoms with van der Waals surface area (Å²) in [6, 6.07) is 6.03. The fraction of sp³-hybridized carbons (Fsp3) is 0.222. The number of rotatable bonds is 0. The van der Waals surface area contributed by atoms with Crippen LogP contribution in [-0.4, -0.2) is 5.91 Å². The predicted molar refractivity (Wildman–Crippen MR) is 45.6 cm³/mol. The Kier molecular flexibility index (Phi) is 1.22. The van der Waals surface area contributed by atoms with Crippen LogP contribution in [0.15, 0.2) is 18.2 Å². The highest BCUT2D eigenvalue weighted by Crippen LogP contribution is 2.23. The number of amides is 1. The number of carbonyl (C=O) groups excluding carboxylic acids is 1. The van der Waals surface area contributed by atoms with Gasteiger partial charge in [0.05, 0.1) is 6.42 Å². The van der Waals surface area contributed by atoms with Crippen molar-refractivity contribution < 1.29 is 6.22 Å². The van der Waals surface area contributed by atoms with Crippen LogP contribution in [0.4, 0.5) is 5.69 Å². The van der Waals surface area contributed by atoms with Crippen molar-refractivity contribution in [2.45, 2.75) is 13.3 Å². The molecule has 1 aliphatic heterocycles. The van der Waals surface area contributed by atoms with Gasteiger partial charge in [0.25, 0.3) is 0 Å². The summed E-state index contributed by atoms with van der Waals surface area (Å²) in [5.74, 6) is 0.102. The van der Waals surface area contributed by atoms with Crippen LogP contribution in [0.25, 0.3) is 0 Å². The first-order valence-corrected chi connectivity index (χ1v) is 3.65. The SMILES string of the molecule is Cc1ccc2c(c1)NC(=O)C2.[HH]. The fourth-order valence-corrected chi connectivity index (χ4v) is 1.33. The summed E-state index contributed by atoms with van der Waals surface area (Å²) in [5.41, 5.74) is 3.28. The van der Waals surface area contributed by atoms with Crippen LogP contribution >= 0.6 is 0 Å². The Bertz CT molecular complexity index is 322. The number of fused-ring (bicyclic) bond motifs is 1. The van der Waals surface area contributed by atoms with Crippen LogP contribution in [0, 0.1) is 6.92 Å². The molecule has 0 bridgehead atoms. The van der Waals surface area contributed by atoms with Crippen LogP contribution in [0.1, 0.15) is 12.6 Å². The zero-order valence-electron chi connectivity index (χ0n) is 6.35. The minimum atomic E-state index is 0. The molecule has 0 saturated carbocycles. The smallest absolute Gasteiger partial charge is 0.228 e. The normalized spacial score (nSPS) is 14.5. The summed E-state index contributed by atoms with van der Waals surface area (Å²) in [6.07, 6.45) is 0.537. The van der Waals surface area contributed by atoms with Crippen LogP contribution in [-0.2, 0) is 11.2 Å². The van der Waals surface area contributed by atoms with Crippen LogP contribution in [0.2, 0.25) is 0 Å². The van der Waals surface area contributed by atoms with E-state index in [0.717, 1.165) is 11.3 Å². The predicted octanol–water partition coefficient (Wildman–Crippen LogP) is 1.74. The molecular formula is C9H11NO. The molecule has 1 N–H and O–H groups in total. The maximum absolute atomic E-state index is 10.9. The summed E-state index contributed by atoms with van der Waals surface area (Å²) in [6.45, 7) is 2.02. The van der Waals surface area contributed by atoms with Gasteiger partial charge >= 0.3 is 0 Å². The molecule has 0 saturated heterocycles. The highest BCUT2D eigenvalue weighted by Gasteiger charge is 2.16. The molecule has 0 atom stereocenters. The average Bonchev–Trinajstić information content (AvgIpc) is 2.27. The number of benzene rings is 1. The first kappa shape index (κ1) is 6.40. The quantitative estimate of drug-likeness (QED) is 0.598. The molecule has 1 heterocycles. The van der Waals surface area contributed by atoms with Crippen molar-refractivity contribution in [3.63, 3.8) is 0 Å². The Hall–Kier alpha value is -1.31. The van der Waals surface area contributed by atoms with Gasteiger partial charge in [0.1, 0.15) is 0 Å². The Labute approximate surface area is 66.7 Å². The number of anilines is 1. The molecule has 58 valence electrons. The van der Waals surface area contributed by atoms with Crippen molar-refractivity contribution in [2.24, 2.45) is 0 Å². The van der Waals surface area contributed by atoms with E-state index in [0.29, 0.717) is 6.42 Å². The van der Waals surface area contributed by atoms with Gasteiger partial charge in [-0.15, -0.1) is 0 Å². The highest BCUT2D eigenvalue weighted by molar-refractivity contribution is 5.99. The van der Waals surface area contributed by atoms with E-state index in [1.165, 1.54) is 5.56 Å². The molecule has 1 aliphatic rings. The van der Waals surface area contributed by atoms with Crippen molar-refractivity contribution in [1.29, 1.82) is 0 Å². The standard InChI is InChI=1S/C9H9NO.H2/c1-6-2-3-7-5-9(11)10-8(7)4-6;/h2-4H,5H2,1H3,(H,10,11);1H. The third kappa shape index (κ3) is 1.00. The second-order valence-corrected chi connectivity index (χ2v) is 2.89. The first-order valence-electron chi connectivity index (χ1n) is 3.65. The maximum atomic E-state index is 10.9. The summed E-state index contributed by atoms with van der Waals surface area (Å²) in [7, 11) is 0. The van der Waals surface area contributed by atoms with Crippen LogP contribution in [0.3, 0.4) is 0 Å². The fourth-order valence-electron chi connectivity index (χ4n) is 1.33. The van der Waals surface area contributed by atoms with E-state index in [1.807, 2.05) is 25.1 Å². The van der Waals surface area contributed by atoms with Gasteiger partial charge in [-0.1, -0.05) is 12.1 Å². The van der Waals surface area contributed by atoms with E-state index in [2.05, 4.69) is 5.32 Å². The Morgan fingerprint density at radius 3 is 3.18 bits per heavy atom. The molecule has 0 aliphatic carbocycles. The molecule has 2 rings (SSSR count). The van der Waals surface area contributed by atoms with Gasteiger partial charge in [-0.25, -0.2) is 0 Å². The molecule has 0 unspecified atom stereocenters.